The monoisotopic (exact) mass is 344 g/mol. The molecule has 0 amide bonds. The van der Waals surface area contributed by atoms with Crippen LogP contribution in [0.2, 0.25) is 5.02 Å². The molecule has 1 aromatic heterocycles. The van der Waals surface area contributed by atoms with Gasteiger partial charge in [-0.3, -0.25) is 4.79 Å². The number of aromatic hydroxyl groups is 1. The Morgan fingerprint density at radius 2 is 2.00 bits per heavy atom. The maximum absolute atomic E-state index is 11.6. The number of halogens is 1. The molecule has 5 nitrogen and oxygen atoms in total. The second kappa shape index (κ2) is 6.37. The maximum atomic E-state index is 11.6. The fourth-order valence-corrected chi connectivity index (χ4v) is 2.55. The van der Waals surface area contributed by atoms with E-state index in [1.54, 1.807) is 24.3 Å². The maximum Gasteiger partial charge on any atom is 0.336 e. The zero-order valence-corrected chi connectivity index (χ0v) is 13.5. The number of rotatable bonds is 4. The molecule has 0 bridgehead atoms. The van der Waals surface area contributed by atoms with E-state index in [0.29, 0.717) is 27.3 Å². The van der Waals surface area contributed by atoms with Crippen molar-refractivity contribution in [3.63, 3.8) is 0 Å². The van der Waals surface area contributed by atoms with Gasteiger partial charge in [0.1, 0.15) is 23.7 Å². The summed E-state index contributed by atoms with van der Waals surface area (Å²) in [5, 5.41) is 11.0. The Kier molecular flexibility index (Phi) is 4.27. The number of carbonyl (C=O) groups is 1. The summed E-state index contributed by atoms with van der Waals surface area (Å²) in [5.74, 6) is -0.0123. The standard InChI is InChI=1S/C18H13ClO5/c1-10(20)14-4-3-13(8-16(14)21)23-9-11-6-18(22)24-17-5-2-12(19)7-15(11)17/h2-8,21H,9H2,1H3. The molecular formula is C18H13ClO5. The topological polar surface area (TPSA) is 76.7 Å². The van der Waals surface area contributed by atoms with Crippen molar-refractivity contribution in [2.24, 2.45) is 0 Å². The molecule has 0 aliphatic heterocycles. The van der Waals surface area contributed by atoms with Crippen molar-refractivity contribution in [2.75, 3.05) is 0 Å². The number of phenols is 1. The second-order valence-electron chi connectivity index (χ2n) is 5.25. The summed E-state index contributed by atoms with van der Waals surface area (Å²) in [6.07, 6.45) is 0. The summed E-state index contributed by atoms with van der Waals surface area (Å²) >= 11 is 5.99. The zero-order chi connectivity index (χ0) is 17.3. The van der Waals surface area contributed by atoms with Crippen molar-refractivity contribution in [1.82, 2.24) is 0 Å². The molecule has 1 N–H and O–H groups in total. The molecule has 0 unspecified atom stereocenters. The Morgan fingerprint density at radius 1 is 1.21 bits per heavy atom. The summed E-state index contributed by atoms with van der Waals surface area (Å²) < 4.78 is 10.7. The first-order valence-electron chi connectivity index (χ1n) is 7.13. The Labute approximate surface area is 142 Å². The van der Waals surface area contributed by atoms with E-state index in [1.165, 1.54) is 25.1 Å². The van der Waals surface area contributed by atoms with Crippen molar-refractivity contribution in [3.05, 3.63) is 69.0 Å². The number of carbonyl (C=O) groups excluding carboxylic acids is 1. The van der Waals surface area contributed by atoms with Crippen LogP contribution in [0.15, 0.2) is 51.7 Å². The lowest BCUT2D eigenvalue weighted by Crippen LogP contribution is -2.04. The Bertz CT molecular complexity index is 990. The number of ether oxygens (including phenoxy) is 1. The molecule has 3 aromatic rings. The van der Waals surface area contributed by atoms with E-state index < -0.39 is 5.63 Å². The van der Waals surface area contributed by atoms with E-state index in [4.69, 9.17) is 20.8 Å². The minimum atomic E-state index is -0.488. The lowest BCUT2D eigenvalue weighted by atomic mass is 10.1. The first-order valence-corrected chi connectivity index (χ1v) is 7.51. The Hall–Kier alpha value is -2.79. The fourth-order valence-electron chi connectivity index (χ4n) is 2.38. The van der Waals surface area contributed by atoms with Gasteiger partial charge in [-0.05, 0) is 37.3 Å². The van der Waals surface area contributed by atoms with Crippen LogP contribution < -0.4 is 10.4 Å². The fraction of sp³-hybridized carbons (Fsp3) is 0.111. The molecule has 0 radical (unpaired) electrons. The molecule has 122 valence electrons. The van der Waals surface area contributed by atoms with E-state index >= 15 is 0 Å². The number of fused-ring (bicyclic) bond motifs is 1. The Morgan fingerprint density at radius 3 is 2.71 bits per heavy atom. The molecule has 6 heteroatoms. The van der Waals surface area contributed by atoms with E-state index in [2.05, 4.69) is 0 Å². The van der Waals surface area contributed by atoms with Gasteiger partial charge < -0.3 is 14.3 Å². The molecule has 0 spiro atoms. The van der Waals surface area contributed by atoms with Crippen LogP contribution in [0.4, 0.5) is 0 Å². The van der Waals surface area contributed by atoms with Crippen LogP contribution in [0.3, 0.4) is 0 Å². The molecule has 0 aliphatic rings. The number of phenolic OH excluding ortho intramolecular Hbond substituents is 1. The van der Waals surface area contributed by atoms with Crippen LogP contribution >= 0.6 is 11.6 Å². The summed E-state index contributed by atoms with van der Waals surface area (Å²) in [7, 11) is 0. The normalized spacial score (nSPS) is 10.8. The lowest BCUT2D eigenvalue weighted by molar-refractivity contribution is 0.101. The molecule has 3 rings (SSSR count). The van der Waals surface area contributed by atoms with Crippen LogP contribution in [-0.2, 0) is 6.61 Å². The highest BCUT2D eigenvalue weighted by atomic mass is 35.5. The number of hydrogen-bond acceptors (Lipinski definition) is 5. The SMILES string of the molecule is CC(=O)c1ccc(OCc2cc(=O)oc3ccc(Cl)cc23)cc1O. The first kappa shape index (κ1) is 16.1. The van der Waals surface area contributed by atoms with Gasteiger partial charge in [0.15, 0.2) is 5.78 Å². The molecular weight excluding hydrogens is 332 g/mol. The van der Waals surface area contributed by atoms with Gasteiger partial charge in [-0.25, -0.2) is 4.79 Å². The lowest BCUT2D eigenvalue weighted by Gasteiger charge is -2.10. The van der Waals surface area contributed by atoms with Gasteiger partial charge in [0.2, 0.25) is 0 Å². The summed E-state index contributed by atoms with van der Waals surface area (Å²) in [6.45, 7) is 1.45. The highest BCUT2D eigenvalue weighted by Gasteiger charge is 2.10. The van der Waals surface area contributed by atoms with Crippen LogP contribution in [-0.4, -0.2) is 10.9 Å². The second-order valence-corrected chi connectivity index (χ2v) is 5.69. The van der Waals surface area contributed by atoms with Crippen molar-refractivity contribution in [1.29, 1.82) is 0 Å². The van der Waals surface area contributed by atoms with Gasteiger partial charge in [0.05, 0.1) is 5.56 Å². The van der Waals surface area contributed by atoms with Crippen LogP contribution in [0.25, 0.3) is 11.0 Å². The number of Topliss-reactive ketones (excluding diaryl/α,β-unsaturated/α-hetero) is 1. The van der Waals surface area contributed by atoms with Gasteiger partial charge in [0.25, 0.3) is 0 Å². The molecule has 1 heterocycles. The Balaban J connectivity index is 1.91. The van der Waals surface area contributed by atoms with Crippen molar-refractivity contribution < 1.29 is 19.1 Å². The quantitative estimate of drug-likeness (QED) is 0.573. The molecule has 2 aromatic carbocycles. The molecule has 0 atom stereocenters. The summed E-state index contributed by atoms with van der Waals surface area (Å²) in [4.78, 5) is 23.0. The average molecular weight is 345 g/mol. The third-order valence-corrected chi connectivity index (χ3v) is 3.77. The summed E-state index contributed by atoms with van der Waals surface area (Å²) in [6, 6.07) is 10.7. The number of benzene rings is 2. The van der Waals surface area contributed by atoms with Gasteiger partial charge in [-0.1, -0.05) is 11.6 Å². The predicted octanol–water partition coefficient (Wildman–Crippen LogP) is 3.93. The minimum absolute atomic E-state index is 0.0846. The van der Waals surface area contributed by atoms with Crippen molar-refractivity contribution in [2.45, 2.75) is 13.5 Å². The molecule has 0 fully saturated rings. The van der Waals surface area contributed by atoms with Crippen LogP contribution in [0, 0.1) is 0 Å². The largest absolute Gasteiger partial charge is 0.507 e. The zero-order valence-electron chi connectivity index (χ0n) is 12.7. The number of hydrogen-bond donors (Lipinski definition) is 1. The third-order valence-electron chi connectivity index (χ3n) is 3.53. The van der Waals surface area contributed by atoms with E-state index in [1.807, 2.05) is 0 Å². The van der Waals surface area contributed by atoms with Crippen LogP contribution in [0.5, 0.6) is 11.5 Å². The van der Waals surface area contributed by atoms with Crippen LogP contribution in [0.1, 0.15) is 22.8 Å². The first-order chi connectivity index (χ1) is 11.4. The molecule has 0 saturated heterocycles. The van der Waals surface area contributed by atoms with Gasteiger partial charge in [-0.2, -0.15) is 0 Å². The van der Waals surface area contributed by atoms with Gasteiger partial charge in [-0.15, -0.1) is 0 Å². The van der Waals surface area contributed by atoms with Gasteiger partial charge >= 0.3 is 5.63 Å². The highest BCUT2D eigenvalue weighted by molar-refractivity contribution is 6.31. The number of ketones is 1. The van der Waals surface area contributed by atoms with Crippen molar-refractivity contribution >= 4 is 28.4 Å². The van der Waals surface area contributed by atoms with Crippen molar-refractivity contribution in [3.8, 4) is 11.5 Å². The average Bonchev–Trinajstić information content (AvgIpc) is 2.52. The van der Waals surface area contributed by atoms with E-state index in [9.17, 15) is 14.7 Å². The predicted molar refractivity (Wildman–Crippen MR) is 89.9 cm³/mol. The molecule has 0 saturated carbocycles. The van der Waals surface area contributed by atoms with E-state index in [-0.39, 0.29) is 23.7 Å². The van der Waals surface area contributed by atoms with E-state index in [0.717, 1.165) is 0 Å². The summed E-state index contributed by atoms with van der Waals surface area (Å²) in [5.41, 5.74) is 0.761. The molecule has 24 heavy (non-hydrogen) atoms. The molecule has 0 aliphatic carbocycles. The third kappa shape index (κ3) is 3.26. The minimum Gasteiger partial charge on any atom is -0.507 e. The van der Waals surface area contributed by atoms with Gasteiger partial charge in [0, 0.05) is 28.1 Å². The smallest absolute Gasteiger partial charge is 0.336 e. The highest BCUT2D eigenvalue weighted by Crippen LogP contribution is 2.26.